The number of ether oxygens (including phenoxy) is 2. The fraction of sp³-hybridized carbons (Fsp3) is 0.231. The first-order valence-corrected chi connectivity index (χ1v) is 5.73. The summed E-state index contributed by atoms with van der Waals surface area (Å²) in [7, 11) is 3.22. The minimum atomic E-state index is -0.272. The van der Waals surface area contributed by atoms with Gasteiger partial charge in [0.05, 0.1) is 20.3 Å². The molecule has 100 valence electrons. The maximum atomic E-state index is 5.65. The molecule has 0 aliphatic rings. The molecule has 1 unspecified atom stereocenters. The fourth-order valence-electron chi connectivity index (χ4n) is 1.89. The second-order valence-electron chi connectivity index (χ2n) is 3.88. The summed E-state index contributed by atoms with van der Waals surface area (Å²) in [6, 6.07) is 5.27. The normalized spacial score (nSPS) is 11.9. The van der Waals surface area contributed by atoms with Gasteiger partial charge in [0.2, 0.25) is 0 Å². The predicted molar refractivity (Wildman–Crippen MR) is 70.7 cm³/mol. The lowest BCUT2D eigenvalue weighted by molar-refractivity contribution is 0.394. The van der Waals surface area contributed by atoms with E-state index in [2.05, 4.69) is 15.4 Å². The molecule has 0 fully saturated rings. The lowest BCUT2D eigenvalue weighted by Crippen LogP contribution is -2.29. The number of nitrogens with one attached hydrogen (secondary N) is 1. The minimum Gasteiger partial charge on any atom is -0.497 e. The molecule has 0 amide bonds. The molecular weight excluding hydrogens is 244 g/mol. The first-order chi connectivity index (χ1) is 9.30. The lowest BCUT2D eigenvalue weighted by atomic mass is 10.0. The van der Waals surface area contributed by atoms with Crippen LogP contribution in [0.3, 0.4) is 0 Å². The molecule has 6 heteroatoms. The Bertz CT molecular complexity index is 533. The number of nitrogens with two attached hydrogens (primary N) is 1. The van der Waals surface area contributed by atoms with Crippen LogP contribution in [0.2, 0.25) is 0 Å². The highest BCUT2D eigenvalue weighted by atomic mass is 16.5. The number of nitrogens with zero attached hydrogens (tertiary/aromatic N) is 2. The highest BCUT2D eigenvalue weighted by molar-refractivity contribution is 5.45. The Hall–Kier alpha value is -2.18. The highest BCUT2D eigenvalue weighted by Crippen LogP contribution is 2.32. The smallest absolute Gasteiger partial charge is 0.124 e. The molecule has 6 nitrogen and oxygen atoms in total. The topological polar surface area (TPSA) is 82.3 Å². The number of hydrogen-bond donors (Lipinski definition) is 2. The Morgan fingerprint density at radius 2 is 1.89 bits per heavy atom. The Labute approximate surface area is 111 Å². The van der Waals surface area contributed by atoms with E-state index in [-0.39, 0.29) is 6.04 Å². The summed E-state index contributed by atoms with van der Waals surface area (Å²) < 4.78 is 10.6. The van der Waals surface area contributed by atoms with Gasteiger partial charge >= 0.3 is 0 Å². The van der Waals surface area contributed by atoms with E-state index >= 15 is 0 Å². The number of hydrogen-bond acceptors (Lipinski definition) is 6. The molecule has 0 spiro atoms. The van der Waals surface area contributed by atoms with Crippen LogP contribution < -0.4 is 20.7 Å². The van der Waals surface area contributed by atoms with Gasteiger partial charge in [-0.2, -0.15) is 0 Å². The van der Waals surface area contributed by atoms with Crippen LogP contribution in [0.5, 0.6) is 11.5 Å². The van der Waals surface area contributed by atoms with Crippen molar-refractivity contribution in [2.45, 2.75) is 6.04 Å². The molecule has 1 heterocycles. The summed E-state index contributed by atoms with van der Waals surface area (Å²) >= 11 is 0. The van der Waals surface area contributed by atoms with Crippen LogP contribution in [0.25, 0.3) is 0 Å². The van der Waals surface area contributed by atoms with Gasteiger partial charge in [0.25, 0.3) is 0 Å². The number of hydrazine groups is 1. The maximum absolute atomic E-state index is 5.65. The summed E-state index contributed by atoms with van der Waals surface area (Å²) in [6.07, 6.45) is 4.88. The highest BCUT2D eigenvalue weighted by Gasteiger charge is 2.18. The van der Waals surface area contributed by atoms with Gasteiger partial charge in [-0.1, -0.05) is 0 Å². The molecule has 1 atom stereocenters. The molecule has 2 rings (SSSR count). The summed E-state index contributed by atoms with van der Waals surface area (Å²) in [5, 5.41) is 0. The van der Waals surface area contributed by atoms with Gasteiger partial charge in [-0.25, -0.2) is 15.4 Å². The van der Waals surface area contributed by atoms with Crippen molar-refractivity contribution >= 4 is 0 Å². The third-order valence-electron chi connectivity index (χ3n) is 2.83. The zero-order chi connectivity index (χ0) is 13.7. The molecule has 0 bridgehead atoms. The molecule has 0 saturated carbocycles. The summed E-state index contributed by atoms with van der Waals surface area (Å²) in [4.78, 5) is 8.00. The second kappa shape index (κ2) is 6.12. The third kappa shape index (κ3) is 2.81. The van der Waals surface area contributed by atoms with Crippen molar-refractivity contribution in [3.8, 4) is 11.5 Å². The van der Waals surface area contributed by atoms with Crippen LogP contribution >= 0.6 is 0 Å². The van der Waals surface area contributed by atoms with E-state index in [0.29, 0.717) is 5.75 Å². The van der Waals surface area contributed by atoms with E-state index in [1.165, 1.54) is 6.33 Å². The molecule has 3 N–H and O–H groups in total. The number of aromatic nitrogens is 2. The van der Waals surface area contributed by atoms with Crippen molar-refractivity contribution in [1.82, 2.24) is 15.4 Å². The molecule has 1 aromatic heterocycles. The molecule has 1 aromatic carbocycles. The molecule has 0 saturated heterocycles. The molecule has 0 aliphatic carbocycles. The molecule has 19 heavy (non-hydrogen) atoms. The first-order valence-electron chi connectivity index (χ1n) is 5.73. The van der Waals surface area contributed by atoms with Gasteiger partial charge in [0, 0.05) is 23.5 Å². The van der Waals surface area contributed by atoms with Crippen LogP contribution in [0.4, 0.5) is 0 Å². The Kier molecular flexibility index (Phi) is 4.27. The average molecular weight is 260 g/mol. The number of methoxy groups -OCH3 is 2. The average Bonchev–Trinajstić information content (AvgIpc) is 2.49. The monoisotopic (exact) mass is 260 g/mol. The van der Waals surface area contributed by atoms with Crippen LogP contribution in [0.1, 0.15) is 17.2 Å². The van der Waals surface area contributed by atoms with Gasteiger partial charge in [-0.15, -0.1) is 0 Å². The number of benzene rings is 1. The summed E-state index contributed by atoms with van der Waals surface area (Å²) in [6.45, 7) is 0. The standard InChI is InChI=1S/C13H16N4O2/c1-18-10-3-4-12(19-2)11(5-10)13(17-14)9-6-15-8-16-7-9/h3-8,13,17H,14H2,1-2H3. The largest absolute Gasteiger partial charge is 0.497 e. The van der Waals surface area contributed by atoms with Crippen LogP contribution in [-0.2, 0) is 0 Å². The van der Waals surface area contributed by atoms with Crippen molar-refractivity contribution in [3.05, 3.63) is 48.0 Å². The maximum Gasteiger partial charge on any atom is 0.124 e. The zero-order valence-corrected chi connectivity index (χ0v) is 10.8. The second-order valence-corrected chi connectivity index (χ2v) is 3.88. The Morgan fingerprint density at radius 3 is 2.47 bits per heavy atom. The van der Waals surface area contributed by atoms with E-state index in [0.717, 1.165) is 16.9 Å². The quantitative estimate of drug-likeness (QED) is 0.617. The first kappa shape index (κ1) is 13.3. The van der Waals surface area contributed by atoms with Gasteiger partial charge in [0.15, 0.2) is 0 Å². The van der Waals surface area contributed by atoms with Crippen LogP contribution in [0, 0.1) is 0 Å². The lowest BCUT2D eigenvalue weighted by Gasteiger charge is -2.19. The van der Waals surface area contributed by atoms with Crippen molar-refractivity contribution < 1.29 is 9.47 Å². The van der Waals surface area contributed by atoms with Gasteiger partial charge in [0.1, 0.15) is 17.8 Å². The molecule has 0 radical (unpaired) electrons. The van der Waals surface area contributed by atoms with E-state index in [4.69, 9.17) is 15.3 Å². The van der Waals surface area contributed by atoms with Gasteiger partial charge in [-0.3, -0.25) is 5.84 Å². The fourth-order valence-corrected chi connectivity index (χ4v) is 1.89. The van der Waals surface area contributed by atoms with Crippen LogP contribution in [0.15, 0.2) is 36.9 Å². The molecule has 0 aliphatic heterocycles. The zero-order valence-electron chi connectivity index (χ0n) is 10.8. The Morgan fingerprint density at radius 1 is 1.16 bits per heavy atom. The molecule has 2 aromatic rings. The van der Waals surface area contributed by atoms with Crippen molar-refractivity contribution in [2.75, 3.05) is 14.2 Å². The summed E-state index contributed by atoms with van der Waals surface area (Å²) in [5.74, 6) is 7.09. The predicted octanol–water partition coefficient (Wildman–Crippen LogP) is 1.05. The van der Waals surface area contributed by atoms with Gasteiger partial charge < -0.3 is 9.47 Å². The van der Waals surface area contributed by atoms with E-state index in [9.17, 15) is 0 Å². The SMILES string of the molecule is COc1ccc(OC)c(C(NN)c2cncnc2)c1. The van der Waals surface area contributed by atoms with Gasteiger partial charge in [-0.05, 0) is 18.2 Å². The van der Waals surface area contributed by atoms with Crippen molar-refractivity contribution in [1.29, 1.82) is 0 Å². The Balaban J connectivity index is 2.48. The molecular formula is C13H16N4O2. The van der Waals surface area contributed by atoms with Crippen molar-refractivity contribution in [3.63, 3.8) is 0 Å². The summed E-state index contributed by atoms with van der Waals surface area (Å²) in [5.41, 5.74) is 4.45. The number of rotatable bonds is 5. The van der Waals surface area contributed by atoms with Crippen molar-refractivity contribution in [2.24, 2.45) is 5.84 Å². The third-order valence-corrected chi connectivity index (χ3v) is 2.83. The van der Waals surface area contributed by atoms with E-state index in [1.807, 2.05) is 18.2 Å². The van der Waals surface area contributed by atoms with Crippen LogP contribution in [-0.4, -0.2) is 24.2 Å². The minimum absolute atomic E-state index is 0.272. The van der Waals surface area contributed by atoms with E-state index in [1.54, 1.807) is 26.6 Å². The van der Waals surface area contributed by atoms with E-state index < -0.39 is 0 Å².